The van der Waals surface area contributed by atoms with Crippen LogP contribution < -0.4 is 10.9 Å². The summed E-state index contributed by atoms with van der Waals surface area (Å²) in [5.74, 6) is 0.240. The van der Waals surface area contributed by atoms with Gasteiger partial charge in [-0.1, -0.05) is 24.3 Å². The van der Waals surface area contributed by atoms with Crippen molar-refractivity contribution in [1.82, 2.24) is 14.6 Å². The SMILES string of the molecule is N#Cc1snc2c1nnc1ccc(NNc3ccc(O)c4ccccc34)cc12. The Balaban J connectivity index is 1.52. The first-order chi connectivity index (χ1) is 13.7. The number of hydrogen-bond donors (Lipinski definition) is 3. The first-order valence-corrected chi connectivity index (χ1v) is 9.20. The molecule has 5 rings (SSSR count). The Kier molecular flexibility index (Phi) is 3.67. The smallest absolute Gasteiger partial charge is 0.153 e. The molecule has 3 N–H and O–H groups in total. The van der Waals surface area contributed by atoms with Crippen LogP contribution in [0.3, 0.4) is 0 Å². The van der Waals surface area contributed by atoms with Crippen LogP contribution >= 0.6 is 11.5 Å². The van der Waals surface area contributed by atoms with E-state index in [2.05, 4.69) is 31.5 Å². The molecule has 0 bridgehead atoms. The number of hydrogen-bond acceptors (Lipinski definition) is 8. The normalized spacial score (nSPS) is 11.0. The number of rotatable bonds is 3. The number of phenolic OH excluding ortho intramolecular Hbond substituents is 1. The highest BCUT2D eigenvalue weighted by atomic mass is 32.1. The minimum atomic E-state index is 0.240. The molecule has 0 aliphatic rings. The predicted molar refractivity (Wildman–Crippen MR) is 110 cm³/mol. The molecule has 0 spiro atoms. The Hall–Kier alpha value is -3.96. The fourth-order valence-corrected chi connectivity index (χ4v) is 3.79. The van der Waals surface area contributed by atoms with Crippen LogP contribution in [-0.2, 0) is 0 Å². The Labute approximate surface area is 163 Å². The summed E-state index contributed by atoms with van der Waals surface area (Å²) in [6.07, 6.45) is 0. The molecule has 2 heterocycles. The number of aromatic hydroxyl groups is 1. The average Bonchev–Trinajstić information content (AvgIpc) is 3.17. The molecule has 28 heavy (non-hydrogen) atoms. The molecule has 0 saturated heterocycles. The van der Waals surface area contributed by atoms with Gasteiger partial charge >= 0.3 is 0 Å². The number of nitriles is 1. The fourth-order valence-electron chi connectivity index (χ4n) is 3.15. The second-order valence-electron chi connectivity index (χ2n) is 6.18. The van der Waals surface area contributed by atoms with E-state index < -0.39 is 0 Å². The lowest BCUT2D eigenvalue weighted by molar-refractivity contribution is 0.481. The molecular weight excluding hydrogens is 372 g/mol. The number of anilines is 2. The molecule has 0 atom stereocenters. The van der Waals surface area contributed by atoms with Gasteiger partial charge in [-0.3, -0.25) is 0 Å². The van der Waals surface area contributed by atoms with Crippen LogP contribution in [0.25, 0.3) is 32.7 Å². The third kappa shape index (κ3) is 2.53. The number of phenols is 1. The highest BCUT2D eigenvalue weighted by Crippen LogP contribution is 2.31. The topological polar surface area (TPSA) is 107 Å². The number of nitrogens with zero attached hydrogens (tertiary/aromatic N) is 4. The van der Waals surface area contributed by atoms with Crippen molar-refractivity contribution >= 4 is 55.6 Å². The fraction of sp³-hybridized carbons (Fsp3) is 0. The third-order valence-corrected chi connectivity index (χ3v) is 5.26. The van der Waals surface area contributed by atoms with Gasteiger partial charge in [-0.25, -0.2) is 0 Å². The predicted octanol–water partition coefficient (Wildman–Crippen LogP) is 4.41. The zero-order valence-corrected chi connectivity index (χ0v) is 15.2. The Morgan fingerprint density at radius 2 is 1.75 bits per heavy atom. The maximum absolute atomic E-state index is 10.0. The van der Waals surface area contributed by atoms with Gasteiger partial charge < -0.3 is 16.0 Å². The summed E-state index contributed by atoms with van der Waals surface area (Å²) >= 11 is 1.12. The van der Waals surface area contributed by atoms with Crippen LogP contribution in [0.4, 0.5) is 11.4 Å². The zero-order valence-electron chi connectivity index (χ0n) is 14.3. The maximum atomic E-state index is 10.0. The van der Waals surface area contributed by atoms with Crippen LogP contribution in [0.2, 0.25) is 0 Å². The molecule has 0 aliphatic carbocycles. The van der Waals surface area contributed by atoms with E-state index in [0.29, 0.717) is 21.4 Å². The van der Waals surface area contributed by atoms with Crippen molar-refractivity contribution in [3.05, 3.63) is 59.5 Å². The Morgan fingerprint density at radius 3 is 2.61 bits per heavy atom. The van der Waals surface area contributed by atoms with Crippen molar-refractivity contribution in [3.8, 4) is 11.8 Å². The molecule has 5 aromatic rings. The van der Waals surface area contributed by atoms with Gasteiger partial charge in [0.25, 0.3) is 0 Å². The van der Waals surface area contributed by atoms with Gasteiger partial charge in [0.2, 0.25) is 0 Å². The van der Waals surface area contributed by atoms with Crippen molar-refractivity contribution in [2.75, 3.05) is 10.9 Å². The molecule has 7 nitrogen and oxygen atoms in total. The summed E-state index contributed by atoms with van der Waals surface area (Å²) in [5, 5.41) is 30.0. The summed E-state index contributed by atoms with van der Waals surface area (Å²) in [6.45, 7) is 0. The summed E-state index contributed by atoms with van der Waals surface area (Å²) < 4.78 is 4.37. The van der Waals surface area contributed by atoms with E-state index in [1.807, 2.05) is 48.5 Å². The van der Waals surface area contributed by atoms with Crippen LogP contribution in [0.1, 0.15) is 4.88 Å². The highest BCUT2D eigenvalue weighted by molar-refractivity contribution is 7.07. The summed E-state index contributed by atoms with van der Waals surface area (Å²) in [5.41, 5.74) is 9.93. The minimum absolute atomic E-state index is 0.240. The van der Waals surface area contributed by atoms with Crippen LogP contribution in [0.5, 0.6) is 5.75 Å². The lowest BCUT2D eigenvalue weighted by Crippen LogP contribution is -2.09. The van der Waals surface area contributed by atoms with Crippen molar-refractivity contribution in [1.29, 1.82) is 5.26 Å². The van der Waals surface area contributed by atoms with Gasteiger partial charge in [-0.05, 0) is 41.9 Å². The van der Waals surface area contributed by atoms with Crippen LogP contribution in [-0.4, -0.2) is 19.7 Å². The van der Waals surface area contributed by atoms with Gasteiger partial charge in [-0.15, -0.1) is 10.2 Å². The van der Waals surface area contributed by atoms with E-state index >= 15 is 0 Å². The largest absolute Gasteiger partial charge is 0.507 e. The Morgan fingerprint density at radius 1 is 0.893 bits per heavy atom. The highest BCUT2D eigenvalue weighted by Gasteiger charge is 2.12. The van der Waals surface area contributed by atoms with E-state index in [1.165, 1.54) is 0 Å². The molecule has 134 valence electrons. The molecule has 0 saturated carbocycles. The number of hydrazine groups is 1. The number of fused-ring (bicyclic) bond motifs is 4. The van der Waals surface area contributed by atoms with E-state index in [1.54, 1.807) is 6.07 Å². The first-order valence-electron chi connectivity index (χ1n) is 8.43. The summed E-state index contributed by atoms with van der Waals surface area (Å²) in [4.78, 5) is 0.455. The second kappa shape index (κ2) is 6.33. The quantitative estimate of drug-likeness (QED) is 0.312. The second-order valence-corrected chi connectivity index (χ2v) is 6.95. The number of benzene rings is 3. The third-order valence-electron chi connectivity index (χ3n) is 4.52. The van der Waals surface area contributed by atoms with Gasteiger partial charge in [-0.2, -0.15) is 9.64 Å². The van der Waals surface area contributed by atoms with E-state index in [0.717, 1.165) is 39.1 Å². The van der Waals surface area contributed by atoms with Crippen molar-refractivity contribution in [2.45, 2.75) is 0 Å². The van der Waals surface area contributed by atoms with Gasteiger partial charge in [0.15, 0.2) is 4.88 Å². The minimum Gasteiger partial charge on any atom is -0.507 e. The van der Waals surface area contributed by atoms with Gasteiger partial charge in [0.1, 0.15) is 22.9 Å². The van der Waals surface area contributed by atoms with E-state index in [-0.39, 0.29) is 5.75 Å². The average molecular weight is 384 g/mol. The number of aromatic nitrogens is 3. The lowest BCUT2D eigenvalue weighted by atomic mass is 10.1. The molecule has 8 heteroatoms. The monoisotopic (exact) mass is 384 g/mol. The van der Waals surface area contributed by atoms with E-state index in [9.17, 15) is 10.4 Å². The molecule has 0 aliphatic heterocycles. The Bertz CT molecular complexity index is 1410. The molecule has 0 amide bonds. The molecule has 3 aromatic carbocycles. The van der Waals surface area contributed by atoms with E-state index in [4.69, 9.17) is 0 Å². The van der Waals surface area contributed by atoms with Crippen LogP contribution in [0, 0.1) is 11.3 Å². The van der Waals surface area contributed by atoms with Gasteiger partial charge in [0, 0.05) is 16.2 Å². The lowest BCUT2D eigenvalue weighted by Gasteiger charge is -2.13. The molecule has 0 unspecified atom stereocenters. The molecule has 0 fully saturated rings. The van der Waals surface area contributed by atoms with Crippen LogP contribution in [0.15, 0.2) is 54.6 Å². The van der Waals surface area contributed by atoms with Crippen molar-refractivity contribution < 1.29 is 5.11 Å². The zero-order chi connectivity index (χ0) is 19.1. The maximum Gasteiger partial charge on any atom is 0.153 e. The molecule has 2 aromatic heterocycles. The molecular formula is C20H12N6OS. The standard InChI is InChI=1S/C20H12N6OS/c21-10-18-20-19(26-28-18)14-9-11(5-6-16(14)24-25-20)22-23-15-7-8-17(27)13-4-2-1-3-12(13)15/h1-9,22-23,27H. The summed E-state index contributed by atoms with van der Waals surface area (Å²) in [7, 11) is 0. The molecule has 0 radical (unpaired) electrons. The van der Waals surface area contributed by atoms with Gasteiger partial charge in [0.05, 0.1) is 16.9 Å². The number of nitrogens with one attached hydrogen (secondary N) is 2. The van der Waals surface area contributed by atoms with Crippen molar-refractivity contribution in [2.24, 2.45) is 0 Å². The summed E-state index contributed by atoms with van der Waals surface area (Å²) in [6, 6.07) is 18.9. The first kappa shape index (κ1) is 16.2. The van der Waals surface area contributed by atoms with Crippen molar-refractivity contribution in [3.63, 3.8) is 0 Å².